The van der Waals surface area contributed by atoms with Crippen LogP contribution in [0.4, 0.5) is 5.82 Å². The topological polar surface area (TPSA) is 81.9 Å². The minimum atomic E-state index is 0.0895. The Morgan fingerprint density at radius 3 is 2.84 bits per heavy atom. The van der Waals surface area contributed by atoms with Gasteiger partial charge in [-0.2, -0.15) is 10.2 Å². The molecule has 0 aliphatic heterocycles. The molecule has 0 aromatic carbocycles. The van der Waals surface area contributed by atoms with Crippen LogP contribution in [0.1, 0.15) is 37.9 Å². The lowest BCUT2D eigenvalue weighted by molar-refractivity contribution is -0.109. The second-order valence-corrected chi connectivity index (χ2v) is 5.24. The molecule has 1 aromatic rings. The SMILES string of the molecule is N#Cc1ncc(Br)c(N(NC=O)C2CCCCC2)n1. The lowest BCUT2D eigenvalue weighted by atomic mass is 9.95. The minimum Gasteiger partial charge on any atom is -0.277 e. The molecule has 0 saturated heterocycles. The molecule has 19 heavy (non-hydrogen) atoms. The number of hydrogen-bond acceptors (Lipinski definition) is 5. The molecular formula is C12H14BrN5O. The van der Waals surface area contributed by atoms with E-state index in [-0.39, 0.29) is 11.9 Å². The van der Waals surface area contributed by atoms with E-state index in [1.165, 1.54) is 12.6 Å². The van der Waals surface area contributed by atoms with Gasteiger partial charge in [0, 0.05) is 6.20 Å². The number of nitriles is 1. The first kappa shape index (κ1) is 13.7. The number of nitrogens with one attached hydrogen (secondary N) is 1. The van der Waals surface area contributed by atoms with Gasteiger partial charge in [0.1, 0.15) is 6.07 Å². The molecule has 1 saturated carbocycles. The van der Waals surface area contributed by atoms with E-state index in [9.17, 15) is 4.79 Å². The van der Waals surface area contributed by atoms with Gasteiger partial charge in [-0.1, -0.05) is 19.3 Å². The normalized spacial score (nSPS) is 15.6. The lowest BCUT2D eigenvalue weighted by Crippen LogP contribution is -2.47. The highest BCUT2D eigenvalue weighted by molar-refractivity contribution is 9.10. The molecule has 0 unspecified atom stereocenters. The summed E-state index contributed by atoms with van der Waals surface area (Å²) in [5.74, 6) is 0.622. The minimum absolute atomic E-state index is 0.0895. The summed E-state index contributed by atoms with van der Waals surface area (Å²) in [4.78, 5) is 18.9. The summed E-state index contributed by atoms with van der Waals surface area (Å²) in [6.45, 7) is 0. The Labute approximate surface area is 119 Å². The predicted octanol–water partition coefficient (Wildman–Crippen LogP) is 1.91. The summed E-state index contributed by atoms with van der Waals surface area (Å²) in [5.41, 5.74) is 2.68. The monoisotopic (exact) mass is 323 g/mol. The predicted molar refractivity (Wildman–Crippen MR) is 73.0 cm³/mol. The molecule has 100 valence electrons. The number of rotatable bonds is 4. The van der Waals surface area contributed by atoms with Gasteiger partial charge in [-0.3, -0.25) is 15.2 Å². The Morgan fingerprint density at radius 1 is 1.47 bits per heavy atom. The summed E-state index contributed by atoms with van der Waals surface area (Å²) in [5, 5.41) is 10.6. The largest absolute Gasteiger partial charge is 0.277 e. The van der Waals surface area contributed by atoms with Gasteiger partial charge in [-0.05, 0) is 28.8 Å². The third-order valence-electron chi connectivity index (χ3n) is 3.19. The zero-order chi connectivity index (χ0) is 13.7. The van der Waals surface area contributed by atoms with E-state index in [1.807, 2.05) is 6.07 Å². The van der Waals surface area contributed by atoms with Crippen molar-refractivity contribution in [1.29, 1.82) is 5.26 Å². The lowest BCUT2D eigenvalue weighted by Gasteiger charge is -2.34. The first-order chi connectivity index (χ1) is 9.26. The Kier molecular flexibility index (Phi) is 4.68. The third-order valence-corrected chi connectivity index (χ3v) is 3.74. The number of carbonyl (C=O) groups excluding carboxylic acids is 1. The van der Waals surface area contributed by atoms with E-state index < -0.39 is 0 Å². The summed E-state index contributed by atoms with van der Waals surface area (Å²) in [6.07, 6.45) is 7.65. The average molecular weight is 324 g/mol. The van der Waals surface area contributed by atoms with E-state index in [0.717, 1.165) is 25.7 Å². The van der Waals surface area contributed by atoms with E-state index in [1.54, 1.807) is 5.01 Å². The van der Waals surface area contributed by atoms with Crippen molar-refractivity contribution >= 4 is 28.2 Å². The quantitative estimate of drug-likeness (QED) is 0.676. The number of hydrogen-bond donors (Lipinski definition) is 1. The fraction of sp³-hybridized carbons (Fsp3) is 0.500. The van der Waals surface area contributed by atoms with E-state index >= 15 is 0 Å². The van der Waals surface area contributed by atoms with Gasteiger partial charge in [0.2, 0.25) is 12.2 Å². The standard InChI is InChI=1S/C12H14BrN5O/c13-10-7-15-11(6-14)17-12(10)18(16-8-19)9-4-2-1-3-5-9/h7-9H,1-5H2,(H,16,19). The molecule has 6 nitrogen and oxygen atoms in total. The van der Waals surface area contributed by atoms with Gasteiger partial charge in [0.25, 0.3) is 0 Å². The van der Waals surface area contributed by atoms with Crippen molar-refractivity contribution in [1.82, 2.24) is 15.4 Å². The molecule has 1 aliphatic rings. The van der Waals surface area contributed by atoms with E-state index in [0.29, 0.717) is 16.7 Å². The maximum absolute atomic E-state index is 10.8. The number of nitrogens with zero attached hydrogens (tertiary/aromatic N) is 4. The van der Waals surface area contributed by atoms with Gasteiger partial charge in [-0.25, -0.2) is 4.98 Å². The maximum Gasteiger partial charge on any atom is 0.234 e. The van der Waals surface area contributed by atoms with Crippen LogP contribution in [-0.4, -0.2) is 22.4 Å². The fourth-order valence-electron chi connectivity index (χ4n) is 2.32. The molecule has 1 fully saturated rings. The van der Waals surface area contributed by atoms with Gasteiger partial charge in [0.05, 0.1) is 10.5 Å². The van der Waals surface area contributed by atoms with Gasteiger partial charge in [-0.15, -0.1) is 0 Å². The van der Waals surface area contributed by atoms with Crippen molar-refractivity contribution in [3.63, 3.8) is 0 Å². The zero-order valence-corrected chi connectivity index (χ0v) is 11.9. The Bertz CT molecular complexity index is 495. The third kappa shape index (κ3) is 3.20. The van der Waals surface area contributed by atoms with Crippen LogP contribution in [0.3, 0.4) is 0 Å². The Balaban J connectivity index is 2.32. The average Bonchev–Trinajstić information content (AvgIpc) is 2.47. The number of hydrazine groups is 1. The van der Waals surface area contributed by atoms with Crippen LogP contribution in [0, 0.1) is 11.3 Å². The Morgan fingerprint density at radius 2 is 2.21 bits per heavy atom. The second kappa shape index (κ2) is 6.48. The van der Waals surface area contributed by atoms with Crippen LogP contribution < -0.4 is 10.4 Å². The molecular weight excluding hydrogens is 310 g/mol. The van der Waals surface area contributed by atoms with Crippen LogP contribution in [0.25, 0.3) is 0 Å². The maximum atomic E-state index is 10.8. The van der Waals surface area contributed by atoms with Gasteiger partial charge in [0.15, 0.2) is 5.82 Å². The molecule has 1 aliphatic carbocycles. The second-order valence-electron chi connectivity index (χ2n) is 4.39. The molecule has 1 heterocycles. The molecule has 0 radical (unpaired) electrons. The summed E-state index contributed by atoms with van der Waals surface area (Å²) < 4.78 is 0.659. The van der Waals surface area contributed by atoms with E-state index in [4.69, 9.17) is 5.26 Å². The molecule has 0 bridgehead atoms. The highest BCUT2D eigenvalue weighted by Crippen LogP contribution is 2.29. The van der Waals surface area contributed by atoms with Crippen molar-refractivity contribution in [2.45, 2.75) is 38.1 Å². The zero-order valence-electron chi connectivity index (χ0n) is 10.3. The van der Waals surface area contributed by atoms with Crippen LogP contribution in [-0.2, 0) is 4.79 Å². The van der Waals surface area contributed by atoms with Gasteiger partial charge >= 0.3 is 0 Å². The summed E-state index contributed by atoms with van der Waals surface area (Å²) in [7, 11) is 0. The smallest absolute Gasteiger partial charge is 0.234 e. The number of anilines is 1. The highest BCUT2D eigenvalue weighted by atomic mass is 79.9. The molecule has 1 amide bonds. The van der Waals surface area contributed by atoms with Crippen molar-refractivity contribution in [3.05, 3.63) is 16.5 Å². The van der Waals surface area contributed by atoms with Crippen LogP contribution in [0.15, 0.2) is 10.7 Å². The molecule has 7 heteroatoms. The fourth-order valence-corrected chi connectivity index (χ4v) is 2.70. The van der Waals surface area contributed by atoms with Crippen molar-refractivity contribution in [3.8, 4) is 6.07 Å². The number of aromatic nitrogens is 2. The number of halogens is 1. The summed E-state index contributed by atoms with van der Waals surface area (Å²) >= 11 is 3.36. The summed E-state index contributed by atoms with van der Waals surface area (Å²) in [6, 6.07) is 2.11. The molecule has 0 spiro atoms. The highest BCUT2D eigenvalue weighted by Gasteiger charge is 2.24. The first-order valence-electron chi connectivity index (χ1n) is 6.18. The van der Waals surface area contributed by atoms with Crippen molar-refractivity contribution < 1.29 is 4.79 Å². The van der Waals surface area contributed by atoms with E-state index in [2.05, 4.69) is 31.3 Å². The number of carbonyl (C=O) groups is 1. The van der Waals surface area contributed by atoms with Crippen LogP contribution in [0.5, 0.6) is 0 Å². The van der Waals surface area contributed by atoms with Crippen LogP contribution >= 0.6 is 15.9 Å². The van der Waals surface area contributed by atoms with Crippen molar-refractivity contribution in [2.75, 3.05) is 5.01 Å². The number of amides is 1. The molecule has 2 rings (SSSR count). The molecule has 0 atom stereocenters. The Hall–Kier alpha value is -1.68. The molecule has 1 aromatic heterocycles. The molecule has 1 N–H and O–H groups in total. The van der Waals surface area contributed by atoms with Crippen molar-refractivity contribution in [2.24, 2.45) is 0 Å². The van der Waals surface area contributed by atoms with Gasteiger partial charge < -0.3 is 0 Å². The first-order valence-corrected chi connectivity index (χ1v) is 6.97. The van der Waals surface area contributed by atoms with Crippen LogP contribution in [0.2, 0.25) is 0 Å².